The summed E-state index contributed by atoms with van der Waals surface area (Å²) >= 11 is 3.31. The van der Waals surface area contributed by atoms with Crippen LogP contribution in [0.5, 0.6) is 0 Å². The van der Waals surface area contributed by atoms with Gasteiger partial charge in [0.25, 0.3) is 5.91 Å². The molecule has 8 heteroatoms. The maximum absolute atomic E-state index is 13.4. The first kappa shape index (κ1) is 19.1. The highest BCUT2D eigenvalue weighted by atomic mass is 79.9. The van der Waals surface area contributed by atoms with Crippen molar-refractivity contribution in [2.45, 2.75) is 18.9 Å². The minimum Gasteiger partial charge on any atom is -0.337 e. The fraction of sp³-hybridized carbons (Fsp3) is 0.500. The second kappa shape index (κ2) is 8.27. The Morgan fingerprint density at radius 1 is 1.33 bits per heavy atom. The Kier molecular flexibility index (Phi) is 6.60. The topological polar surface area (TPSA) is 52.7 Å². The zero-order chi connectivity index (χ0) is 16.4. The lowest BCUT2D eigenvalue weighted by atomic mass is 10.0. The lowest BCUT2D eigenvalue weighted by molar-refractivity contribution is -0.135. The molecule has 1 aromatic rings. The number of hydrogen-bond acceptors (Lipinski definition) is 3. The van der Waals surface area contributed by atoms with Crippen LogP contribution in [0.3, 0.4) is 0 Å². The highest BCUT2D eigenvalue weighted by Crippen LogP contribution is 2.23. The van der Waals surface area contributed by atoms with Gasteiger partial charge in [-0.3, -0.25) is 9.59 Å². The van der Waals surface area contributed by atoms with Gasteiger partial charge in [0.2, 0.25) is 5.91 Å². The number of benzene rings is 1. The third kappa shape index (κ3) is 4.07. The highest BCUT2D eigenvalue weighted by molar-refractivity contribution is 9.10. The van der Waals surface area contributed by atoms with E-state index in [1.807, 2.05) is 4.90 Å². The van der Waals surface area contributed by atoms with Gasteiger partial charge in [0.05, 0.1) is 12.1 Å². The molecule has 2 fully saturated rings. The molecule has 1 aromatic carbocycles. The molecule has 0 aliphatic carbocycles. The Balaban J connectivity index is 0.00000208. The van der Waals surface area contributed by atoms with Crippen LogP contribution in [0.15, 0.2) is 22.7 Å². The van der Waals surface area contributed by atoms with Crippen molar-refractivity contribution in [3.8, 4) is 0 Å². The maximum Gasteiger partial charge on any atom is 0.255 e. The van der Waals surface area contributed by atoms with Crippen LogP contribution in [0.4, 0.5) is 4.39 Å². The molecule has 5 nitrogen and oxygen atoms in total. The Labute approximate surface area is 155 Å². The number of rotatable bonds is 2. The minimum atomic E-state index is -0.428. The number of amides is 2. The van der Waals surface area contributed by atoms with E-state index in [2.05, 4.69) is 21.2 Å². The maximum atomic E-state index is 13.4. The van der Waals surface area contributed by atoms with Crippen molar-refractivity contribution in [3.63, 3.8) is 0 Å². The molecule has 1 atom stereocenters. The van der Waals surface area contributed by atoms with E-state index >= 15 is 0 Å². The average Bonchev–Trinajstić information content (AvgIpc) is 2.57. The molecule has 0 saturated carbocycles. The predicted molar refractivity (Wildman–Crippen MR) is 94.9 cm³/mol. The van der Waals surface area contributed by atoms with Gasteiger partial charge in [-0.1, -0.05) is 0 Å². The summed E-state index contributed by atoms with van der Waals surface area (Å²) in [6, 6.07) is 4.17. The molecule has 3 rings (SSSR count). The van der Waals surface area contributed by atoms with Crippen LogP contribution in [-0.4, -0.2) is 60.4 Å². The van der Waals surface area contributed by atoms with Crippen LogP contribution in [0.1, 0.15) is 23.2 Å². The molecule has 0 aromatic heterocycles. The SMILES string of the molecule is Cl.O=C(c1cc(F)ccc1Br)N1CCCC(N2CCNCC2=O)C1. The summed E-state index contributed by atoms with van der Waals surface area (Å²) in [4.78, 5) is 28.3. The molecule has 2 saturated heterocycles. The second-order valence-electron chi connectivity index (χ2n) is 5.94. The summed E-state index contributed by atoms with van der Waals surface area (Å²) in [6.07, 6.45) is 1.75. The number of piperidine rings is 1. The molecular formula is C16H20BrClFN3O2. The van der Waals surface area contributed by atoms with Gasteiger partial charge in [-0.2, -0.15) is 0 Å². The van der Waals surface area contributed by atoms with Gasteiger partial charge >= 0.3 is 0 Å². The van der Waals surface area contributed by atoms with Crippen molar-refractivity contribution in [2.75, 3.05) is 32.7 Å². The lowest BCUT2D eigenvalue weighted by Crippen LogP contribution is -2.57. The van der Waals surface area contributed by atoms with E-state index in [0.717, 1.165) is 19.4 Å². The lowest BCUT2D eigenvalue weighted by Gasteiger charge is -2.41. The molecule has 2 heterocycles. The Hall–Kier alpha value is -1.18. The predicted octanol–water partition coefficient (Wildman–Crippen LogP) is 2.05. The average molecular weight is 421 g/mol. The summed E-state index contributed by atoms with van der Waals surface area (Å²) in [5.74, 6) is -0.534. The van der Waals surface area contributed by atoms with Gasteiger partial charge in [-0.05, 0) is 47.0 Å². The normalized spacial score (nSPS) is 21.4. The van der Waals surface area contributed by atoms with Gasteiger partial charge in [0.1, 0.15) is 5.82 Å². The van der Waals surface area contributed by atoms with E-state index in [4.69, 9.17) is 0 Å². The molecule has 1 unspecified atom stereocenters. The zero-order valence-corrected chi connectivity index (χ0v) is 15.5. The Bertz CT molecular complexity index is 631. The number of hydrogen-bond donors (Lipinski definition) is 1. The van der Waals surface area contributed by atoms with Gasteiger partial charge in [-0.25, -0.2) is 4.39 Å². The third-order valence-corrected chi connectivity index (χ3v) is 5.10. The van der Waals surface area contributed by atoms with Gasteiger partial charge in [0, 0.05) is 36.7 Å². The molecule has 1 N–H and O–H groups in total. The molecule has 0 spiro atoms. The number of likely N-dealkylation sites (tertiary alicyclic amines) is 1. The number of nitrogens with one attached hydrogen (secondary N) is 1. The number of carbonyl (C=O) groups is 2. The van der Waals surface area contributed by atoms with E-state index in [-0.39, 0.29) is 30.3 Å². The summed E-state index contributed by atoms with van der Waals surface area (Å²) in [7, 11) is 0. The molecule has 0 bridgehead atoms. The second-order valence-corrected chi connectivity index (χ2v) is 6.79. The first-order valence-corrected chi connectivity index (χ1v) is 8.60. The van der Waals surface area contributed by atoms with Crippen LogP contribution in [0, 0.1) is 5.82 Å². The van der Waals surface area contributed by atoms with E-state index in [1.165, 1.54) is 12.1 Å². The largest absolute Gasteiger partial charge is 0.337 e. The number of carbonyl (C=O) groups excluding carboxylic acids is 2. The van der Waals surface area contributed by atoms with E-state index in [0.29, 0.717) is 36.2 Å². The third-order valence-electron chi connectivity index (χ3n) is 4.41. The van der Waals surface area contributed by atoms with Crippen LogP contribution < -0.4 is 5.32 Å². The van der Waals surface area contributed by atoms with Crippen molar-refractivity contribution >= 4 is 40.2 Å². The van der Waals surface area contributed by atoms with Crippen LogP contribution >= 0.6 is 28.3 Å². The molecule has 0 radical (unpaired) electrons. The molecule has 132 valence electrons. The Morgan fingerprint density at radius 3 is 2.88 bits per heavy atom. The monoisotopic (exact) mass is 419 g/mol. The summed E-state index contributed by atoms with van der Waals surface area (Å²) < 4.78 is 14.0. The van der Waals surface area contributed by atoms with Gasteiger partial charge < -0.3 is 15.1 Å². The van der Waals surface area contributed by atoms with E-state index in [9.17, 15) is 14.0 Å². The van der Waals surface area contributed by atoms with Crippen LogP contribution in [0.25, 0.3) is 0 Å². The fourth-order valence-corrected chi connectivity index (χ4v) is 3.65. The molecule has 24 heavy (non-hydrogen) atoms. The molecular weight excluding hydrogens is 401 g/mol. The smallest absolute Gasteiger partial charge is 0.255 e. The van der Waals surface area contributed by atoms with Crippen LogP contribution in [-0.2, 0) is 4.79 Å². The van der Waals surface area contributed by atoms with Crippen molar-refractivity contribution in [3.05, 3.63) is 34.1 Å². The van der Waals surface area contributed by atoms with Crippen molar-refractivity contribution in [2.24, 2.45) is 0 Å². The number of halogens is 3. The van der Waals surface area contributed by atoms with Gasteiger partial charge in [-0.15, -0.1) is 12.4 Å². The first-order valence-electron chi connectivity index (χ1n) is 7.81. The number of piperazine rings is 1. The summed E-state index contributed by atoms with van der Waals surface area (Å²) in [6.45, 7) is 2.97. The standard InChI is InChI=1S/C16H19BrFN3O2.ClH/c17-14-4-3-11(18)8-13(14)16(23)20-6-1-2-12(10-20)21-7-5-19-9-15(21)22;/h3-4,8,12,19H,1-2,5-7,9-10H2;1H. The minimum absolute atomic E-state index is 0. The quantitative estimate of drug-likeness (QED) is 0.797. The Morgan fingerprint density at radius 2 is 2.12 bits per heavy atom. The number of nitrogens with zero attached hydrogens (tertiary/aromatic N) is 2. The summed E-state index contributed by atoms with van der Waals surface area (Å²) in [5, 5.41) is 3.06. The van der Waals surface area contributed by atoms with Gasteiger partial charge in [0.15, 0.2) is 0 Å². The molecule has 2 aliphatic rings. The van der Waals surface area contributed by atoms with Crippen molar-refractivity contribution in [1.29, 1.82) is 0 Å². The fourth-order valence-electron chi connectivity index (χ4n) is 3.23. The van der Waals surface area contributed by atoms with Crippen molar-refractivity contribution in [1.82, 2.24) is 15.1 Å². The van der Waals surface area contributed by atoms with Crippen LogP contribution in [0.2, 0.25) is 0 Å². The van der Waals surface area contributed by atoms with E-state index in [1.54, 1.807) is 11.0 Å². The highest BCUT2D eigenvalue weighted by Gasteiger charge is 2.32. The molecule has 2 amide bonds. The first-order chi connectivity index (χ1) is 11.1. The zero-order valence-electron chi connectivity index (χ0n) is 13.1. The van der Waals surface area contributed by atoms with Crippen molar-refractivity contribution < 1.29 is 14.0 Å². The summed E-state index contributed by atoms with van der Waals surface area (Å²) in [5.41, 5.74) is 0.331. The molecule has 2 aliphatic heterocycles. The van der Waals surface area contributed by atoms with E-state index < -0.39 is 5.82 Å².